The Labute approximate surface area is 105 Å². The first-order chi connectivity index (χ1) is 7.88. The Hall–Kier alpha value is -1.33. The topological polar surface area (TPSA) is 62.4 Å². The van der Waals surface area contributed by atoms with Crippen LogP contribution in [0, 0.1) is 0 Å². The molecule has 0 aliphatic heterocycles. The summed E-state index contributed by atoms with van der Waals surface area (Å²) < 4.78 is 1.09. The minimum absolute atomic E-state index is 0.521. The third-order valence-electron chi connectivity index (χ3n) is 2.55. The zero-order valence-electron chi connectivity index (χ0n) is 10.3. The lowest BCUT2D eigenvalue weighted by molar-refractivity contribution is 0.0886. The summed E-state index contributed by atoms with van der Waals surface area (Å²) in [5.41, 5.74) is 9.57. The van der Waals surface area contributed by atoms with Crippen molar-refractivity contribution < 1.29 is 5.11 Å². The second kappa shape index (κ2) is 4.16. The van der Waals surface area contributed by atoms with E-state index < -0.39 is 5.60 Å². The standard InChI is InChI=1S/C12H17N3OS/c1-12(2,16)6-15(3)8-4-5-9-11(10(8)13)14-7-17-9/h4-5,7,16H,6,13H2,1-3H3. The zero-order chi connectivity index (χ0) is 12.6. The van der Waals surface area contributed by atoms with Crippen molar-refractivity contribution in [1.29, 1.82) is 0 Å². The average Bonchev–Trinajstić information content (AvgIpc) is 2.63. The van der Waals surface area contributed by atoms with Crippen LogP contribution in [0.2, 0.25) is 0 Å². The third kappa shape index (κ3) is 2.50. The van der Waals surface area contributed by atoms with Gasteiger partial charge in [0.2, 0.25) is 0 Å². The highest BCUT2D eigenvalue weighted by Gasteiger charge is 2.18. The molecule has 17 heavy (non-hydrogen) atoms. The average molecular weight is 251 g/mol. The van der Waals surface area contributed by atoms with E-state index in [0.29, 0.717) is 12.2 Å². The first kappa shape index (κ1) is 12.1. The molecule has 0 saturated heterocycles. The highest BCUT2D eigenvalue weighted by atomic mass is 32.1. The van der Waals surface area contributed by atoms with Gasteiger partial charge < -0.3 is 15.7 Å². The molecule has 3 N–H and O–H groups in total. The monoisotopic (exact) mass is 251 g/mol. The van der Waals surface area contributed by atoms with Crippen LogP contribution in [0.25, 0.3) is 10.2 Å². The molecule has 0 fully saturated rings. The van der Waals surface area contributed by atoms with E-state index in [4.69, 9.17) is 5.73 Å². The number of nitrogens with zero attached hydrogens (tertiary/aromatic N) is 2. The van der Waals surface area contributed by atoms with Gasteiger partial charge in [0.25, 0.3) is 0 Å². The van der Waals surface area contributed by atoms with Crippen molar-refractivity contribution in [3.05, 3.63) is 17.6 Å². The van der Waals surface area contributed by atoms with E-state index in [1.807, 2.05) is 24.1 Å². The normalized spacial score (nSPS) is 12.0. The van der Waals surface area contributed by atoms with Crippen molar-refractivity contribution in [3.8, 4) is 0 Å². The molecule has 0 radical (unpaired) electrons. The molecule has 0 saturated carbocycles. The number of likely N-dealkylation sites (N-methyl/N-ethyl adjacent to an activating group) is 1. The first-order valence-electron chi connectivity index (χ1n) is 5.44. The summed E-state index contributed by atoms with van der Waals surface area (Å²) in [4.78, 5) is 6.21. The number of benzene rings is 1. The number of aliphatic hydroxyl groups is 1. The van der Waals surface area contributed by atoms with E-state index in [1.165, 1.54) is 0 Å². The summed E-state index contributed by atoms with van der Waals surface area (Å²) in [6.45, 7) is 4.08. The van der Waals surface area contributed by atoms with Crippen LogP contribution < -0.4 is 10.6 Å². The van der Waals surface area contributed by atoms with Crippen molar-refractivity contribution >= 4 is 32.9 Å². The van der Waals surface area contributed by atoms with E-state index >= 15 is 0 Å². The van der Waals surface area contributed by atoms with Crippen molar-refractivity contribution in [2.45, 2.75) is 19.4 Å². The maximum absolute atomic E-state index is 9.82. The van der Waals surface area contributed by atoms with Crippen LogP contribution in [0.15, 0.2) is 17.6 Å². The van der Waals surface area contributed by atoms with Gasteiger partial charge in [-0.1, -0.05) is 0 Å². The van der Waals surface area contributed by atoms with Crippen molar-refractivity contribution in [3.63, 3.8) is 0 Å². The summed E-state index contributed by atoms with van der Waals surface area (Å²) in [6, 6.07) is 3.99. The van der Waals surface area contributed by atoms with Crippen LogP contribution in [-0.2, 0) is 0 Å². The quantitative estimate of drug-likeness (QED) is 0.820. The van der Waals surface area contributed by atoms with Gasteiger partial charge in [-0.15, -0.1) is 11.3 Å². The zero-order valence-corrected chi connectivity index (χ0v) is 11.1. The van der Waals surface area contributed by atoms with Gasteiger partial charge in [-0.2, -0.15) is 0 Å². The number of nitrogen functional groups attached to an aromatic ring is 1. The van der Waals surface area contributed by atoms with Gasteiger partial charge in [-0.05, 0) is 26.0 Å². The maximum Gasteiger partial charge on any atom is 0.106 e. The summed E-state index contributed by atoms with van der Waals surface area (Å²) in [6.07, 6.45) is 0. The molecule has 1 aromatic carbocycles. The molecule has 0 amide bonds. The van der Waals surface area contributed by atoms with Crippen molar-refractivity contribution in [2.24, 2.45) is 0 Å². The molecule has 5 heteroatoms. The molecule has 1 heterocycles. The molecule has 2 aromatic rings. The Kier molecular flexibility index (Phi) is 2.97. The third-order valence-corrected chi connectivity index (χ3v) is 3.35. The van der Waals surface area contributed by atoms with Gasteiger partial charge in [-0.25, -0.2) is 4.98 Å². The smallest absolute Gasteiger partial charge is 0.106 e. The minimum Gasteiger partial charge on any atom is -0.395 e. The molecule has 0 unspecified atom stereocenters. The molecular weight excluding hydrogens is 234 g/mol. The summed E-state index contributed by atoms with van der Waals surface area (Å²) in [5, 5.41) is 9.82. The molecule has 0 atom stereocenters. The fourth-order valence-corrected chi connectivity index (χ4v) is 2.63. The Balaban J connectivity index is 2.38. The summed E-state index contributed by atoms with van der Waals surface area (Å²) in [7, 11) is 1.92. The van der Waals surface area contributed by atoms with E-state index in [1.54, 1.807) is 30.7 Å². The molecule has 0 spiro atoms. The lowest BCUT2D eigenvalue weighted by Gasteiger charge is -2.28. The molecule has 0 bridgehead atoms. The highest BCUT2D eigenvalue weighted by Crippen LogP contribution is 2.32. The van der Waals surface area contributed by atoms with Crippen LogP contribution in [0.5, 0.6) is 0 Å². The summed E-state index contributed by atoms with van der Waals surface area (Å²) >= 11 is 1.58. The highest BCUT2D eigenvalue weighted by molar-refractivity contribution is 7.16. The van der Waals surface area contributed by atoms with Gasteiger partial charge in [0.1, 0.15) is 5.52 Å². The molecule has 0 aliphatic rings. The number of nitrogens with two attached hydrogens (primary N) is 1. The second-order valence-corrected chi connectivity index (χ2v) is 5.75. The molecule has 0 aliphatic carbocycles. The predicted molar refractivity (Wildman–Crippen MR) is 73.6 cm³/mol. The SMILES string of the molecule is CN(CC(C)(C)O)c1ccc2scnc2c1N. The van der Waals surface area contributed by atoms with Crippen LogP contribution in [-0.4, -0.2) is 29.3 Å². The molecule has 2 rings (SSSR count). The Morgan fingerprint density at radius 3 is 2.82 bits per heavy atom. The minimum atomic E-state index is -0.752. The number of thiazole rings is 1. The van der Waals surface area contributed by atoms with Crippen molar-refractivity contribution in [2.75, 3.05) is 24.2 Å². The largest absolute Gasteiger partial charge is 0.395 e. The molecule has 1 aromatic heterocycles. The van der Waals surface area contributed by atoms with Crippen LogP contribution in [0.4, 0.5) is 11.4 Å². The van der Waals surface area contributed by atoms with Crippen LogP contribution in [0.1, 0.15) is 13.8 Å². The molecular formula is C12H17N3OS. The fraction of sp³-hybridized carbons (Fsp3) is 0.417. The summed E-state index contributed by atoms with van der Waals surface area (Å²) in [5.74, 6) is 0. The molecule has 92 valence electrons. The van der Waals surface area contributed by atoms with E-state index in [9.17, 15) is 5.11 Å². The number of fused-ring (bicyclic) bond motifs is 1. The number of hydrogen-bond donors (Lipinski definition) is 2. The van der Waals surface area contributed by atoms with Crippen molar-refractivity contribution in [1.82, 2.24) is 4.98 Å². The first-order valence-corrected chi connectivity index (χ1v) is 6.31. The Morgan fingerprint density at radius 1 is 1.47 bits per heavy atom. The van der Waals surface area contributed by atoms with E-state index in [2.05, 4.69) is 4.98 Å². The van der Waals surface area contributed by atoms with Gasteiger partial charge in [0.15, 0.2) is 0 Å². The Bertz CT molecular complexity index is 530. The van der Waals surface area contributed by atoms with Crippen LogP contribution in [0.3, 0.4) is 0 Å². The number of aromatic nitrogens is 1. The lowest BCUT2D eigenvalue weighted by Crippen LogP contribution is -2.36. The number of rotatable bonds is 3. The predicted octanol–water partition coefficient (Wildman–Crippen LogP) is 2.09. The van der Waals surface area contributed by atoms with Gasteiger partial charge in [0.05, 0.1) is 27.2 Å². The van der Waals surface area contributed by atoms with Gasteiger partial charge in [-0.3, -0.25) is 0 Å². The van der Waals surface area contributed by atoms with Crippen LogP contribution >= 0.6 is 11.3 Å². The number of hydrogen-bond acceptors (Lipinski definition) is 5. The van der Waals surface area contributed by atoms with E-state index in [0.717, 1.165) is 15.9 Å². The fourth-order valence-electron chi connectivity index (χ4n) is 1.94. The van der Waals surface area contributed by atoms with E-state index in [-0.39, 0.29) is 0 Å². The maximum atomic E-state index is 9.82. The molecule has 4 nitrogen and oxygen atoms in total. The Morgan fingerprint density at radius 2 is 2.18 bits per heavy atom. The lowest BCUT2D eigenvalue weighted by atomic mass is 10.1. The van der Waals surface area contributed by atoms with Gasteiger partial charge in [0, 0.05) is 13.6 Å². The second-order valence-electron chi connectivity index (χ2n) is 4.87. The number of anilines is 2. The van der Waals surface area contributed by atoms with Gasteiger partial charge >= 0.3 is 0 Å².